The van der Waals surface area contributed by atoms with E-state index in [9.17, 15) is 18.0 Å². The molecule has 0 N–H and O–H groups in total. The summed E-state index contributed by atoms with van der Waals surface area (Å²) in [6.45, 7) is 5.61. The molecule has 2 amide bonds. The normalized spacial score (nSPS) is 23.3. The van der Waals surface area contributed by atoms with E-state index >= 15 is 0 Å². The lowest BCUT2D eigenvalue weighted by atomic mass is 9.84. The van der Waals surface area contributed by atoms with Crippen LogP contribution in [0.2, 0.25) is 0 Å². The molecule has 3 fully saturated rings. The first-order valence-corrected chi connectivity index (χ1v) is 13.9. The third-order valence-corrected chi connectivity index (χ3v) is 9.37. The van der Waals surface area contributed by atoms with Gasteiger partial charge in [-0.2, -0.15) is 4.31 Å². The van der Waals surface area contributed by atoms with E-state index in [4.69, 9.17) is 0 Å². The van der Waals surface area contributed by atoms with Gasteiger partial charge in [-0.15, -0.1) is 0 Å². The Hall–Kier alpha value is -1.93. The molecule has 1 atom stereocenters. The van der Waals surface area contributed by atoms with Crippen LogP contribution in [0.25, 0.3) is 0 Å². The quantitative estimate of drug-likeness (QED) is 0.655. The van der Waals surface area contributed by atoms with Gasteiger partial charge in [0.25, 0.3) is 0 Å². The van der Waals surface area contributed by atoms with Crippen molar-refractivity contribution in [2.45, 2.75) is 75.6 Å². The number of hydrogen-bond acceptors (Lipinski definition) is 4. The van der Waals surface area contributed by atoms with E-state index in [0.717, 1.165) is 6.42 Å². The molecule has 1 aromatic rings. The predicted molar refractivity (Wildman–Crippen MR) is 127 cm³/mol. The maximum atomic E-state index is 13.2. The van der Waals surface area contributed by atoms with Gasteiger partial charge in [-0.3, -0.25) is 9.59 Å². The second-order valence-corrected chi connectivity index (χ2v) is 11.9. The minimum atomic E-state index is -3.58. The number of benzene rings is 1. The average Bonchev–Trinajstić information content (AvgIpc) is 3.33. The molecule has 1 aromatic carbocycles. The van der Waals surface area contributed by atoms with E-state index in [0.29, 0.717) is 36.9 Å². The van der Waals surface area contributed by atoms with Crippen molar-refractivity contribution in [3.63, 3.8) is 0 Å². The molecular formula is C25H37N3O4S. The zero-order chi connectivity index (χ0) is 23.6. The number of carbonyl (C=O) groups is 2. The highest BCUT2D eigenvalue weighted by Gasteiger charge is 2.39. The molecule has 33 heavy (non-hydrogen) atoms. The Morgan fingerprint density at radius 3 is 2.09 bits per heavy atom. The van der Waals surface area contributed by atoms with Crippen molar-refractivity contribution in [1.82, 2.24) is 14.1 Å². The minimum absolute atomic E-state index is 0.0173. The fourth-order valence-corrected chi connectivity index (χ4v) is 6.90. The third-order valence-electron chi connectivity index (χ3n) is 7.46. The highest BCUT2D eigenvalue weighted by atomic mass is 32.2. The summed E-state index contributed by atoms with van der Waals surface area (Å²) in [5.74, 6) is 0.381. The van der Waals surface area contributed by atoms with E-state index in [1.807, 2.05) is 26.0 Å². The van der Waals surface area contributed by atoms with Crippen LogP contribution in [0.4, 0.5) is 0 Å². The summed E-state index contributed by atoms with van der Waals surface area (Å²) in [6, 6.07) is 7.03. The van der Waals surface area contributed by atoms with Crippen LogP contribution in [0.1, 0.15) is 70.3 Å². The molecule has 0 aromatic heterocycles. The molecule has 0 radical (unpaired) electrons. The monoisotopic (exact) mass is 475 g/mol. The Kier molecular flexibility index (Phi) is 7.43. The van der Waals surface area contributed by atoms with E-state index in [1.54, 1.807) is 21.9 Å². The topological polar surface area (TPSA) is 78.0 Å². The van der Waals surface area contributed by atoms with Crippen molar-refractivity contribution in [3.8, 4) is 0 Å². The van der Waals surface area contributed by atoms with Crippen LogP contribution in [0.15, 0.2) is 29.2 Å². The number of nitrogens with zero attached hydrogens (tertiary/aromatic N) is 3. The zero-order valence-electron chi connectivity index (χ0n) is 19.9. The van der Waals surface area contributed by atoms with E-state index in [-0.39, 0.29) is 30.8 Å². The summed E-state index contributed by atoms with van der Waals surface area (Å²) in [6.07, 6.45) is 7.68. The van der Waals surface area contributed by atoms with E-state index in [2.05, 4.69) is 0 Å². The van der Waals surface area contributed by atoms with Gasteiger partial charge in [-0.05, 0) is 49.3 Å². The van der Waals surface area contributed by atoms with Gasteiger partial charge in [0, 0.05) is 38.6 Å². The van der Waals surface area contributed by atoms with Crippen LogP contribution in [0.5, 0.6) is 0 Å². The van der Waals surface area contributed by atoms with Crippen LogP contribution < -0.4 is 0 Å². The SMILES string of the molecule is CC(C)C(=O)N1CCCC1C(=O)N1CCN(S(=O)(=O)c2ccc(C3CCCCC3)cc2)CC1. The molecule has 2 heterocycles. The third kappa shape index (κ3) is 5.11. The summed E-state index contributed by atoms with van der Waals surface area (Å²) in [7, 11) is -3.58. The molecule has 3 aliphatic rings. The first kappa shape index (κ1) is 24.2. The highest BCUT2D eigenvalue weighted by molar-refractivity contribution is 7.89. The molecule has 2 aliphatic heterocycles. The van der Waals surface area contributed by atoms with Crippen molar-refractivity contribution in [2.24, 2.45) is 5.92 Å². The number of likely N-dealkylation sites (tertiary alicyclic amines) is 1. The van der Waals surface area contributed by atoms with Crippen LogP contribution in [0.3, 0.4) is 0 Å². The van der Waals surface area contributed by atoms with Crippen LogP contribution in [-0.2, 0) is 19.6 Å². The highest BCUT2D eigenvalue weighted by Crippen LogP contribution is 2.33. The molecule has 2 saturated heterocycles. The smallest absolute Gasteiger partial charge is 0.245 e. The van der Waals surface area contributed by atoms with Gasteiger partial charge in [0.05, 0.1) is 4.90 Å². The Morgan fingerprint density at radius 1 is 0.848 bits per heavy atom. The molecule has 0 bridgehead atoms. The van der Waals surface area contributed by atoms with Crippen LogP contribution in [-0.4, -0.2) is 73.1 Å². The average molecular weight is 476 g/mol. The fraction of sp³-hybridized carbons (Fsp3) is 0.680. The fourth-order valence-electron chi connectivity index (χ4n) is 5.48. The van der Waals surface area contributed by atoms with E-state index < -0.39 is 16.1 Å². The van der Waals surface area contributed by atoms with E-state index in [1.165, 1.54) is 42.0 Å². The number of amides is 2. The summed E-state index contributed by atoms with van der Waals surface area (Å²) < 4.78 is 27.9. The van der Waals surface area contributed by atoms with Crippen molar-refractivity contribution in [3.05, 3.63) is 29.8 Å². The lowest BCUT2D eigenvalue weighted by Crippen LogP contribution is -2.55. The van der Waals surface area contributed by atoms with Gasteiger partial charge in [0.2, 0.25) is 21.8 Å². The summed E-state index contributed by atoms with van der Waals surface area (Å²) in [5, 5.41) is 0. The summed E-state index contributed by atoms with van der Waals surface area (Å²) in [5.41, 5.74) is 1.24. The van der Waals surface area contributed by atoms with Gasteiger partial charge in [0.15, 0.2) is 0 Å². The van der Waals surface area contributed by atoms with Gasteiger partial charge < -0.3 is 9.80 Å². The van der Waals surface area contributed by atoms with Crippen molar-refractivity contribution < 1.29 is 18.0 Å². The molecule has 182 valence electrons. The second kappa shape index (κ2) is 10.1. The molecule has 8 heteroatoms. The first-order chi connectivity index (χ1) is 15.8. The number of rotatable bonds is 5. The Balaban J connectivity index is 1.36. The molecular weight excluding hydrogens is 438 g/mol. The maximum Gasteiger partial charge on any atom is 0.245 e. The Labute approximate surface area is 198 Å². The molecule has 7 nitrogen and oxygen atoms in total. The van der Waals surface area contributed by atoms with Gasteiger partial charge >= 0.3 is 0 Å². The maximum absolute atomic E-state index is 13.2. The summed E-state index contributed by atoms with van der Waals surface area (Å²) >= 11 is 0. The number of piperazine rings is 1. The largest absolute Gasteiger partial charge is 0.338 e. The Bertz CT molecular complexity index is 946. The predicted octanol–water partition coefficient (Wildman–Crippen LogP) is 3.21. The lowest BCUT2D eigenvalue weighted by Gasteiger charge is -2.37. The number of carbonyl (C=O) groups excluding carboxylic acids is 2. The number of hydrogen-bond donors (Lipinski definition) is 0. The molecule has 1 saturated carbocycles. The molecule has 1 unspecified atom stereocenters. The molecule has 4 rings (SSSR count). The zero-order valence-corrected chi connectivity index (χ0v) is 20.7. The molecule has 0 spiro atoms. The van der Waals surface area contributed by atoms with Gasteiger partial charge in [0.1, 0.15) is 6.04 Å². The van der Waals surface area contributed by atoms with Crippen LogP contribution >= 0.6 is 0 Å². The molecule has 1 aliphatic carbocycles. The number of sulfonamides is 1. The van der Waals surface area contributed by atoms with Gasteiger partial charge in [-0.1, -0.05) is 45.2 Å². The van der Waals surface area contributed by atoms with Gasteiger partial charge in [-0.25, -0.2) is 8.42 Å². The van der Waals surface area contributed by atoms with Crippen molar-refractivity contribution in [2.75, 3.05) is 32.7 Å². The standard InChI is InChI=1S/C25H37N3O4S/c1-19(2)24(29)28-14-6-9-23(28)25(30)26-15-17-27(18-16-26)33(31,32)22-12-10-21(11-13-22)20-7-4-3-5-8-20/h10-13,19-20,23H,3-9,14-18H2,1-2H3. The summed E-state index contributed by atoms with van der Waals surface area (Å²) in [4.78, 5) is 29.4. The Morgan fingerprint density at radius 2 is 1.48 bits per heavy atom. The van der Waals surface area contributed by atoms with Crippen LogP contribution in [0, 0.1) is 5.92 Å². The minimum Gasteiger partial charge on any atom is -0.338 e. The lowest BCUT2D eigenvalue weighted by molar-refractivity contribution is -0.146. The first-order valence-electron chi connectivity index (χ1n) is 12.5. The van der Waals surface area contributed by atoms with Crippen molar-refractivity contribution >= 4 is 21.8 Å². The van der Waals surface area contributed by atoms with Crippen molar-refractivity contribution in [1.29, 1.82) is 0 Å². The second-order valence-electron chi connectivity index (χ2n) is 9.98.